The van der Waals surface area contributed by atoms with Crippen LogP contribution in [0.15, 0.2) is 18.2 Å². The molecule has 0 atom stereocenters. The van der Waals surface area contributed by atoms with E-state index in [1.807, 2.05) is 11.6 Å². The average molecular weight is 369 g/mol. The minimum atomic E-state index is -0.775. The Labute approximate surface area is 159 Å². The Kier molecular flexibility index (Phi) is 5.16. The fraction of sp³-hybridized carbons (Fsp3) is 0.524. The van der Waals surface area contributed by atoms with Crippen molar-refractivity contribution in [3.05, 3.63) is 46.3 Å². The lowest BCUT2D eigenvalue weighted by atomic mass is 10.0. The summed E-state index contributed by atoms with van der Waals surface area (Å²) in [5.41, 5.74) is 6.24. The summed E-state index contributed by atoms with van der Waals surface area (Å²) in [5.74, 6) is 0.252. The van der Waals surface area contributed by atoms with Crippen LogP contribution in [0.5, 0.6) is 5.75 Å². The summed E-state index contributed by atoms with van der Waals surface area (Å²) in [6.07, 6.45) is 4.21. The summed E-state index contributed by atoms with van der Waals surface area (Å²) in [6.45, 7) is 6.22. The minimum Gasteiger partial charge on any atom is -0.494 e. The van der Waals surface area contributed by atoms with Gasteiger partial charge in [0.2, 0.25) is 0 Å². The maximum atomic E-state index is 10.8. The summed E-state index contributed by atoms with van der Waals surface area (Å²) < 4.78 is 7.96. The van der Waals surface area contributed by atoms with Gasteiger partial charge in [0, 0.05) is 31.6 Å². The van der Waals surface area contributed by atoms with Gasteiger partial charge in [0.05, 0.1) is 31.0 Å². The van der Waals surface area contributed by atoms with E-state index >= 15 is 0 Å². The summed E-state index contributed by atoms with van der Waals surface area (Å²) in [5, 5.41) is 13.4. The molecule has 1 aliphatic heterocycles. The molecular formula is C21H27N3O3. The third-order valence-corrected chi connectivity index (χ3v) is 5.49. The van der Waals surface area contributed by atoms with Gasteiger partial charge in [-0.15, -0.1) is 0 Å². The standard InChI is InChI=1S/C21H27N3O3/c1-2-27-20-11-16-5-3-4-15(16)10-17(20)13-23-8-9-24-19(14-23)12-18(22-24)6-7-21(25)26/h10-12H,2-9,13-14H2,1H3,(H,25,26). The quantitative estimate of drug-likeness (QED) is 0.813. The van der Waals surface area contributed by atoms with E-state index in [0.717, 1.165) is 44.0 Å². The molecule has 0 saturated carbocycles. The van der Waals surface area contributed by atoms with E-state index in [0.29, 0.717) is 13.0 Å². The maximum absolute atomic E-state index is 10.8. The number of ether oxygens (including phenoxy) is 1. The zero-order valence-corrected chi connectivity index (χ0v) is 15.9. The molecule has 4 rings (SSSR count). The molecule has 144 valence electrons. The average Bonchev–Trinajstić information content (AvgIpc) is 3.26. The zero-order valence-electron chi connectivity index (χ0n) is 15.9. The van der Waals surface area contributed by atoms with Crippen LogP contribution in [0.4, 0.5) is 0 Å². The second-order valence-corrected chi connectivity index (χ2v) is 7.47. The summed E-state index contributed by atoms with van der Waals surface area (Å²) in [4.78, 5) is 13.2. The Bertz CT molecular complexity index is 843. The van der Waals surface area contributed by atoms with Crippen LogP contribution in [-0.4, -0.2) is 38.9 Å². The molecule has 1 aromatic carbocycles. The molecule has 6 heteroatoms. The van der Waals surface area contributed by atoms with Crippen LogP contribution in [0, 0.1) is 0 Å². The van der Waals surface area contributed by atoms with E-state index in [1.54, 1.807) is 0 Å². The number of carbonyl (C=O) groups is 1. The molecule has 6 nitrogen and oxygen atoms in total. The fourth-order valence-corrected chi connectivity index (χ4v) is 4.18. The molecule has 1 aromatic heterocycles. The normalized spacial score (nSPS) is 16.2. The molecule has 0 saturated heterocycles. The SMILES string of the molecule is CCOc1cc2c(cc1CN1CCn3nc(CCC(=O)O)cc3C1)CCC2. The Morgan fingerprint density at radius 3 is 2.81 bits per heavy atom. The highest BCUT2D eigenvalue weighted by Crippen LogP contribution is 2.31. The molecule has 1 aliphatic carbocycles. The highest BCUT2D eigenvalue weighted by molar-refractivity contribution is 5.66. The summed E-state index contributed by atoms with van der Waals surface area (Å²) in [7, 11) is 0. The predicted octanol–water partition coefficient (Wildman–Crippen LogP) is 2.80. The fourth-order valence-electron chi connectivity index (χ4n) is 4.18. The highest BCUT2D eigenvalue weighted by atomic mass is 16.5. The Balaban J connectivity index is 1.47. The number of fused-ring (bicyclic) bond motifs is 2. The number of carboxylic acids is 1. The predicted molar refractivity (Wildman–Crippen MR) is 102 cm³/mol. The Hall–Kier alpha value is -2.34. The first kappa shape index (κ1) is 18.0. The van der Waals surface area contributed by atoms with Crippen molar-refractivity contribution in [3.8, 4) is 5.75 Å². The lowest BCUT2D eigenvalue weighted by molar-refractivity contribution is -0.136. The number of hydrogen-bond acceptors (Lipinski definition) is 4. The molecule has 0 fully saturated rings. The van der Waals surface area contributed by atoms with Gasteiger partial charge < -0.3 is 9.84 Å². The van der Waals surface area contributed by atoms with Crippen molar-refractivity contribution >= 4 is 5.97 Å². The molecule has 27 heavy (non-hydrogen) atoms. The molecule has 0 amide bonds. The first-order valence-electron chi connectivity index (χ1n) is 9.89. The molecular weight excluding hydrogens is 342 g/mol. The van der Waals surface area contributed by atoms with Gasteiger partial charge in [0.15, 0.2) is 0 Å². The molecule has 2 aliphatic rings. The van der Waals surface area contributed by atoms with Crippen molar-refractivity contribution in [3.63, 3.8) is 0 Å². The van der Waals surface area contributed by atoms with E-state index < -0.39 is 5.97 Å². The van der Waals surface area contributed by atoms with Gasteiger partial charge in [0.25, 0.3) is 0 Å². The number of hydrogen-bond donors (Lipinski definition) is 1. The lowest BCUT2D eigenvalue weighted by Crippen LogP contribution is -2.33. The number of aliphatic carboxylic acids is 1. The van der Waals surface area contributed by atoms with E-state index in [1.165, 1.54) is 35.2 Å². The van der Waals surface area contributed by atoms with E-state index in [-0.39, 0.29) is 6.42 Å². The van der Waals surface area contributed by atoms with Crippen LogP contribution in [0.1, 0.15) is 47.8 Å². The number of benzene rings is 1. The van der Waals surface area contributed by atoms with Crippen molar-refractivity contribution in [1.82, 2.24) is 14.7 Å². The van der Waals surface area contributed by atoms with Crippen molar-refractivity contribution in [1.29, 1.82) is 0 Å². The molecule has 0 bridgehead atoms. The third-order valence-electron chi connectivity index (χ3n) is 5.49. The molecule has 2 aromatic rings. The number of carboxylic acid groups (broad SMARTS) is 1. The van der Waals surface area contributed by atoms with Crippen molar-refractivity contribution in [2.45, 2.75) is 58.7 Å². The molecule has 1 N–H and O–H groups in total. The first-order valence-corrected chi connectivity index (χ1v) is 9.89. The topological polar surface area (TPSA) is 67.6 Å². The Morgan fingerprint density at radius 2 is 2.04 bits per heavy atom. The second-order valence-electron chi connectivity index (χ2n) is 7.47. The summed E-state index contributed by atoms with van der Waals surface area (Å²) >= 11 is 0. The van der Waals surface area contributed by atoms with Crippen LogP contribution in [0.2, 0.25) is 0 Å². The monoisotopic (exact) mass is 369 g/mol. The molecule has 0 unspecified atom stereocenters. The van der Waals surface area contributed by atoms with Gasteiger partial charge >= 0.3 is 5.97 Å². The highest BCUT2D eigenvalue weighted by Gasteiger charge is 2.22. The van der Waals surface area contributed by atoms with E-state index in [4.69, 9.17) is 9.84 Å². The number of aromatic nitrogens is 2. The lowest BCUT2D eigenvalue weighted by Gasteiger charge is -2.28. The van der Waals surface area contributed by atoms with E-state index in [9.17, 15) is 4.79 Å². The number of rotatable bonds is 7. The Morgan fingerprint density at radius 1 is 1.22 bits per heavy atom. The number of nitrogens with zero attached hydrogens (tertiary/aromatic N) is 3. The van der Waals surface area contributed by atoms with Gasteiger partial charge in [-0.05, 0) is 49.4 Å². The zero-order chi connectivity index (χ0) is 18.8. The van der Waals surface area contributed by atoms with Crippen molar-refractivity contribution in [2.24, 2.45) is 0 Å². The maximum Gasteiger partial charge on any atom is 0.303 e. The second kappa shape index (κ2) is 7.72. The van der Waals surface area contributed by atoms with Crippen LogP contribution < -0.4 is 4.74 Å². The number of aryl methyl sites for hydroxylation is 3. The van der Waals surface area contributed by atoms with Gasteiger partial charge in [-0.1, -0.05) is 6.07 Å². The summed E-state index contributed by atoms with van der Waals surface area (Å²) in [6, 6.07) is 6.65. The van der Waals surface area contributed by atoms with Crippen LogP contribution in [-0.2, 0) is 43.7 Å². The van der Waals surface area contributed by atoms with Gasteiger partial charge in [-0.25, -0.2) is 0 Å². The van der Waals surface area contributed by atoms with Crippen LogP contribution in [0.25, 0.3) is 0 Å². The largest absolute Gasteiger partial charge is 0.494 e. The molecule has 0 spiro atoms. The molecule has 0 radical (unpaired) electrons. The van der Waals surface area contributed by atoms with Crippen LogP contribution >= 0.6 is 0 Å². The van der Waals surface area contributed by atoms with Crippen molar-refractivity contribution in [2.75, 3.05) is 13.2 Å². The first-order chi connectivity index (χ1) is 13.1. The third kappa shape index (κ3) is 4.00. The van der Waals surface area contributed by atoms with Gasteiger partial charge in [-0.3, -0.25) is 14.4 Å². The van der Waals surface area contributed by atoms with Gasteiger partial charge in [-0.2, -0.15) is 5.10 Å². The van der Waals surface area contributed by atoms with E-state index in [2.05, 4.69) is 28.2 Å². The smallest absolute Gasteiger partial charge is 0.303 e. The molecule has 2 heterocycles. The van der Waals surface area contributed by atoms with Crippen molar-refractivity contribution < 1.29 is 14.6 Å². The van der Waals surface area contributed by atoms with Gasteiger partial charge in [0.1, 0.15) is 5.75 Å². The van der Waals surface area contributed by atoms with Crippen LogP contribution in [0.3, 0.4) is 0 Å². The minimum absolute atomic E-state index is 0.132.